The SMILES string of the molecule is COCCBr.N#Cc1cccc(O)c1F. The Morgan fingerprint density at radius 1 is 1.60 bits per heavy atom. The molecule has 0 aromatic heterocycles. The van der Waals surface area contributed by atoms with Gasteiger partial charge in [-0.3, -0.25) is 0 Å². The maximum absolute atomic E-state index is 12.5. The number of aromatic hydroxyl groups is 1. The van der Waals surface area contributed by atoms with E-state index in [4.69, 9.17) is 10.4 Å². The first-order chi connectivity index (χ1) is 7.17. The fraction of sp³-hybridized carbons (Fsp3) is 0.300. The second-order valence-corrected chi connectivity index (χ2v) is 3.23. The van der Waals surface area contributed by atoms with Crippen LogP contribution in [-0.2, 0) is 4.74 Å². The maximum Gasteiger partial charge on any atom is 0.182 e. The third-order valence-electron chi connectivity index (χ3n) is 1.38. The van der Waals surface area contributed by atoms with Gasteiger partial charge in [0.15, 0.2) is 11.6 Å². The molecule has 1 aromatic rings. The summed E-state index contributed by atoms with van der Waals surface area (Å²) in [7, 11) is 1.68. The number of hydrogen-bond donors (Lipinski definition) is 1. The summed E-state index contributed by atoms with van der Waals surface area (Å²) in [4.78, 5) is 0. The van der Waals surface area contributed by atoms with Crippen molar-refractivity contribution in [3.8, 4) is 11.8 Å². The van der Waals surface area contributed by atoms with Crippen LogP contribution in [0.3, 0.4) is 0 Å². The van der Waals surface area contributed by atoms with E-state index >= 15 is 0 Å². The molecule has 0 amide bonds. The Bertz CT molecular complexity index is 337. The van der Waals surface area contributed by atoms with Gasteiger partial charge in [0.2, 0.25) is 0 Å². The van der Waals surface area contributed by atoms with E-state index in [9.17, 15) is 4.39 Å². The van der Waals surface area contributed by atoms with Crippen molar-refractivity contribution in [2.24, 2.45) is 0 Å². The minimum Gasteiger partial charge on any atom is -0.505 e. The molecule has 1 aromatic carbocycles. The minimum absolute atomic E-state index is 0.139. The van der Waals surface area contributed by atoms with Crippen LogP contribution in [0.1, 0.15) is 5.56 Å². The number of ether oxygens (including phenoxy) is 1. The summed E-state index contributed by atoms with van der Waals surface area (Å²) in [6, 6.07) is 5.51. The van der Waals surface area contributed by atoms with Crippen LogP contribution in [-0.4, -0.2) is 24.2 Å². The highest BCUT2D eigenvalue weighted by Crippen LogP contribution is 2.16. The Hall–Kier alpha value is -1.12. The number of hydrogen-bond acceptors (Lipinski definition) is 3. The highest BCUT2D eigenvalue weighted by molar-refractivity contribution is 9.09. The molecule has 0 unspecified atom stereocenters. The van der Waals surface area contributed by atoms with Crippen LogP contribution in [0.4, 0.5) is 4.39 Å². The van der Waals surface area contributed by atoms with Crippen molar-refractivity contribution >= 4 is 15.9 Å². The molecule has 0 fully saturated rings. The van der Waals surface area contributed by atoms with Crippen molar-refractivity contribution in [1.82, 2.24) is 0 Å². The largest absolute Gasteiger partial charge is 0.505 e. The number of nitrogens with zero attached hydrogens (tertiary/aromatic N) is 1. The van der Waals surface area contributed by atoms with Gasteiger partial charge in [-0.25, -0.2) is 4.39 Å². The summed E-state index contributed by atoms with van der Waals surface area (Å²) in [5, 5.41) is 17.9. The summed E-state index contributed by atoms with van der Waals surface area (Å²) in [6.07, 6.45) is 0. The molecule has 0 bridgehead atoms. The molecular formula is C10H11BrFNO2. The average Bonchev–Trinajstić information content (AvgIpc) is 2.24. The van der Waals surface area contributed by atoms with Crippen molar-refractivity contribution in [1.29, 1.82) is 5.26 Å². The number of methoxy groups -OCH3 is 1. The van der Waals surface area contributed by atoms with Crippen molar-refractivity contribution in [2.45, 2.75) is 0 Å². The van der Waals surface area contributed by atoms with Crippen LogP contribution in [0.15, 0.2) is 18.2 Å². The lowest BCUT2D eigenvalue weighted by Crippen LogP contribution is -1.85. The quantitative estimate of drug-likeness (QED) is 0.844. The molecule has 0 heterocycles. The van der Waals surface area contributed by atoms with Gasteiger partial charge in [-0.05, 0) is 12.1 Å². The highest BCUT2D eigenvalue weighted by Gasteiger charge is 2.03. The molecule has 0 saturated carbocycles. The van der Waals surface area contributed by atoms with Crippen LogP contribution < -0.4 is 0 Å². The van der Waals surface area contributed by atoms with E-state index in [-0.39, 0.29) is 5.56 Å². The van der Waals surface area contributed by atoms with Gasteiger partial charge in [-0.15, -0.1) is 0 Å². The molecule has 1 rings (SSSR count). The van der Waals surface area contributed by atoms with Crippen LogP contribution in [0.25, 0.3) is 0 Å². The molecule has 0 aliphatic rings. The molecule has 0 aliphatic carbocycles. The predicted molar refractivity (Wildman–Crippen MR) is 58.4 cm³/mol. The zero-order chi connectivity index (χ0) is 11.7. The van der Waals surface area contributed by atoms with Gasteiger partial charge >= 0.3 is 0 Å². The first-order valence-corrected chi connectivity index (χ1v) is 5.22. The molecular weight excluding hydrogens is 265 g/mol. The van der Waals surface area contributed by atoms with E-state index < -0.39 is 11.6 Å². The Morgan fingerprint density at radius 2 is 2.27 bits per heavy atom. The van der Waals surface area contributed by atoms with Crippen LogP contribution >= 0.6 is 15.9 Å². The summed E-state index contributed by atoms with van der Waals surface area (Å²) >= 11 is 3.18. The average molecular weight is 276 g/mol. The Labute approximate surface area is 96.2 Å². The summed E-state index contributed by atoms with van der Waals surface area (Å²) in [6.45, 7) is 0.806. The number of alkyl halides is 1. The normalized spacial score (nSPS) is 8.67. The van der Waals surface area contributed by atoms with Crippen LogP contribution in [0.2, 0.25) is 0 Å². The van der Waals surface area contributed by atoms with Crippen LogP contribution in [0, 0.1) is 17.1 Å². The minimum atomic E-state index is -0.856. The van der Waals surface area contributed by atoms with Gasteiger partial charge in [-0.2, -0.15) is 5.26 Å². The molecule has 0 saturated heterocycles. The fourth-order valence-corrected chi connectivity index (χ4v) is 1.01. The molecule has 0 spiro atoms. The van der Waals surface area contributed by atoms with E-state index in [2.05, 4.69) is 20.7 Å². The van der Waals surface area contributed by atoms with Crippen molar-refractivity contribution in [3.63, 3.8) is 0 Å². The number of benzene rings is 1. The Morgan fingerprint density at radius 3 is 2.60 bits per heavy atom. The molecule has 0 aliphatic heterocycles. The third-order valence-corrected chi connectivity index (χ3v) is 1.70. The molecule has 0 radical (unpaired) electrons. The molecule has 82 valence electrons. The number of phenolic OH excluding ortho intramolecular Hbond substituents is 1. The number of phenols is 1. The van der Waals surface area contributed by atoms with Gasteiger partial charge < -0.3 is 9.84 Å². The molecule has 3 nitrogen and oxygen atoms in total. The topological polar surface area (TPSA) is 53.2 Å². The number of nitriles is 1. The maximum atomic E-state index is 12.5. The lowest BCUT2D eigenvalue weighted by molar-refractivity contribution is 0.219. The lowest BCUT2D eigenvalue weighted by atomic mass is 10.2. The number of halogens is 2. The van der Waals surface area contributed by atoms with Gasteiger partial charge in [0.25, 0.3) is 0 Å². The number of rotatable bonds is 2. The zero-order valence-corrected chi connectivity index (χ0v) is 9.79. The smallest absolute Gasteiger partial charge is 0.182 e. The van der Waals surface area contributed by atoms with Crippen LogP contribution in [0.5, 0.6) is 5.75 Å². The molecule has 0 atom stereocenters. The zero-order valence-electron chi connectivity index (χ0n) is 8.20. The fourth-order valence-electron chi connectivity index (χ4n) is 0.683. The van der Waals surface area contributed by atoms with E-state index in [1.807, 2.05) is 0 Å². The lowest BCUT2D eigenvalue weighted by Gasteiger charge is -1.93. The highest BCUT2D eigenvalue weighted by atomic mass is 79.9. The molecule has 5 heteroatoms. The third kappa shape index (κ3) is 5.35. The van der Waals surface area contributed by atoms with E-state index in [0.717, 1.165) is 11.9 Å². The van der Waals surface area contributed by atoms with E-state index in [0.29, 0.717) is 0 Å². The standard InChI is InChI=1S/C7H4FNO.C3H7BrO/c8-7-5(4-9)2-1-3-6(7)10;1-5-3-2-4/h1-3,10H;2-3H2,1H3. The van der Waals surface area contributed by atoms with Crippen molar-refractivity contribution < 1.29 is 14.2 Å². The van der Waals surface area contributed by atoms with Crippen molar-refractivity contribution in [3.05, 3.63) is 29.6 Å². The second-order valence-electron chi connectivity index (χ2n) is 2.43. The predicted octanol–water partition coefficient (Wildman–Crippen LogP) is 2.43. The van der Waals surface area contributed by atoms with Gasteiger partial charge in [-0.1, -0.05) is 22.0 Å². The van der Waals surface area contributed by atoms with Gasteiger partial charge in [0, 0.05) is 12.4 Å². The first-order valence-electron chi connectivity index (χ1n) is 4.09. The second kappa shape index (κ2) is 8.21. The molecule has 15 heavy (non-hydrogen) atoms. The summed E-state index contributed by atoms with van der Waals surface area (Å²) in [5.41, 5.74) is -0.139. The summed E-state index contributed by atoms with van der Waals surface area (Å²) in [5.74, 6) is -1.34. The van der Waals surface area contributed by atoms with Crippen molar-refractivity contribution in [2.75, 3.05) is 19.0 Å². The monoisotopic (exact) mass is 275 g/mol. The van der Waals surface area contributed by atoms with E-state index in [1.165, 1.54) is 18.2 Å². The van der Waals surface area contributed by atoms with E-state index in [1.54, 1.807) is 13.2 Å². The first kappa shape index (κ1) is 13.9. The molecule has 1 N–H and O–H groups in total. The Balaban J connectivity index is 0.000000336. The van der Waals surface area contributed by atoms with Gasteiger partial charge in [0.05, 0.1) is 12.2 Å². The summed E-state index contributed by atoms with van der Waals surface area (Å²) < 4.78 is 17.2. The Kier molecular flexibility index (Phi) is 7.60. The van der Waals surface area contributed by atoms with Gasteiger partial charge in [0.1, 0.15) is 6.07 Å².